The maximum atomic E-state index is 11.9. The lowest BCUT2D eigenvalue weighted by Gasteiger charge is -2.14. The fourth-order valence-corrected chi connectivity index (χ4v) is 3.25. The Morgan fingerprint density at radius 1 is 1.16 bits per heavy atom. The van der Waals surface area contributed by atoms with E-state index in [2.05, 4.69) is 21.2 Å². The van der Waals surface area contributed by atoms with E-state index in [1.165, 1.54) is 11.8 Å². The first-order chi connectivity index (χ1) is 12.0. The minimum atomic E-state index is -0.403. The number of hydrogen-bond donors (Lipinski definition) is 1. The molecule has 25 heavy (non-hydrogen) atoms. The van der Waals surface area contributed by atoms with Gasteiger partial charge < -0.3 is 10.1 Å². The van der Waals surface area contributed by atoms with Crippen LogP contribution in [0.25, 0.3) is 0 Å². The van der Waals surface area contributed by atoms with Crippen molar-refractivity contribution in [2.75, 3.05) is 12.4 Å². The van der Waals surface area contributed by atoms with Crippen LogP contribution in [0.2, 0.25) is 0 Å². The van der Waals surface area contributed by atoms with E-state index in [0.29, 0.717) is 0 Å². The van der Waals surface area contributed by atoms with Gasteiger partial charge in [0.05, 0.1) is 11.8 Å². The number of rotatable bonds is 7. The van der Waals surface area contributed by atoms with E-state index in [-0.39, 0.29) is 24.3 Å². The average molecular weight is 422 g/mol. The summed E-state index contributed by atoms with van der Waals surface area (Å²) in [5.74, 6) is -0.537. The number of thioether (sulfide) groups is 1. The van der Waals surface area contributed by atoms with Gasteiger partial charge in [-0.25, -0.2) is 0 Å². The molecule has 2 aromatic rings. The maximum absolute atomic E-state index is 11.9. The fraction of sp³-hybridized carbons (Fsp3) is 0.263. The highest BCUT2D eigenvalue weighted by molar-refractivity contribution is 9.10. The minimum absolute atomic E-state index is 0.152. The van der Waals surface area contributed by atoms with E-state index in [4.69, 9.17) is 4.74 Å². The minimum Gasteiger partial charge on any atom is -0.455 e. The molecule has 0 heterocycles. The van der Waals surface area contributed by atoms with Crippen LogP contribution in [-0.2, 0) is 14.3 Å². The van der Waals surface area contributed by atoms with Gasteiger partial charge in [0.25, 0.3) is 5.91 Å². The zero-order valence-corrected chi connectivity index (χ0v) is 16.5. The second-order valence-electron chi connectivity index (χ2n) is 5.56. The van der Waals surface area contributed by atoms with Crippen molar-refractivity contribution >= 4 is 39.6 Å². The maximum Gasteiger partial charge on any atom is 0.316 e. The molecule has 0 spiro atoms. The van der Waals surface area contributed by atoms with Crippen molar-refractivity contribution in [3.63, 3.8) is 0 Å². The highest BCUT2D eigenvalue weighted by atomic mass is 79.9. The van der Waals surface area contributed by atoms with Gasteiger partial charge >= 0.3 is 5.97 Å². The summed E-state index contributed by atoms with van der Waals surface area (Å²) in [6.07, 6.45) is 0. The van der Waals surface area contributed by atoms with E-state index in [1.54, 1.807) is 0 Å². The molecule has 0 aliphatic carbocycles. The molecule has 2 rings (SSSR count). The average Bonchev–Trinajstić information content (AvgIpc) is 2.59. The molecule has 1 N–H and O–H groups in total. The van der Waals surface area contributed by atoms with Crippen LogP contribution in [0.1, 0.15) is 24.1 Å². The largest absolute Gasteiger partial charge is 0.455 e. The summed E-state index contributed by atoms with van der Waals surface area (Å²) in [4.78, 5) is 24.8. The Balaban J connectivity index is 1.73. The predicted octanol–water partition coefficient (Wildman–Crippen LogP) is 4.27. The van der Waals surface area contributed by atoms with Crippen LogP contribution in [0, 0.1) is 6.92 Å². The van der Waals surface area contributed by atoms with Gasteiger partial charge in [0.1, 0.15) is 0 Å². The molecule has 1 amide bonds. The van der Waals surface area contributed by atoms with E-state index >= 15 is 0 Å². The molecular formula is C19H20BrNO3S. The van der Waals surface area contributed by atoms with Crippen LogP contribution in [0.4, 0.5) is 0 Å². The van der Waals surface area contributed by atoms with Gasteiger partial charge in [0, 0.05) is 9.37 Å². The molecule has 1 atom stereocenters. The van der Waals surface area contributed by atoms with Gasteiger partial charge in [0.2, 0.25) is 0 Å². The van der Waals surface area contributed by atoms with Gasteiger partial charge in [0.15, 0.2) is 6.61 Å². The smallest absolute Gasteiger partial charge is 0.316 e. The normalized spacial score (nSPS) is 11.6. The molecule has 0 aliphatic rings. The van der Waals surface area contributed by atoms with E-state index in [1.807, 2.05) is 62.4 Å². The van der Waals surface area contributed by atoms with Crippen LogP contribution in [0.5, 0.6) is 0 Å². The molecule has 0 saturated carbocycles. The van der Waals surface area contributed by atoms with Crippen molar-refractivity contribution in [3.8, 4) is 0 Å². The van der Waals surface area contributed by atoms with Crippen LogP contribution in [-0.4, -0.2) is 24.2 Å². The van der Waals surface area contributed by atoms with Gasteiger partial charge in [-0.05, 0) is 43.2 Å². The summed E-state index contributed by atoms with van der Waals surface area (Å²) in [5.41, 5.74) is 2.10. The van der Waals surface area contributed by atoms with E-state index < -0.39 is 5.97 Å². The topological polar surface area (TPSA) is 55.4 Å². The van der Waals surface area contributed by atoms with Crippen molar-refractivity contribution in [2.45, 2.75) is 24.8 Å². The second kappa shape index (κ2) is 9.63. The van der Waals surface area contributed by atoms with E-state index in [0.717, 1.165) is 20.5 Å². The standard InChI is InChI=1S/C19H20BrNO3S/c1-13-5-3-4-6-17(13)25-12-19(23)24-11-18(22)21-14(2)15-7-9-16(20)10-8-15/h3-10,14H,11-12H2,1-2H3,(H,21,22). The first-order valence-corrected chi connectivity index (χ1v) is 9.62. The summed E-state index contributed by atoms with van der Waals surface area (Å²) >= 11 is 4.78. The lowest BCUT2D eigenvalue weighted by atomic mass is 10.1. The summed E-state index contributed by atoms with van der Waals surface area (Å²) in [5, 5.41) is 2.82. The second-order valence-corrected chi connectivity index (χ2v) is 7.49. The van der Waals surface area contributed by atoms with Gasteiger partial charge in [-0.1, -0.05) is 46.3 Å². The fourth-order valence-electron chi connectivity index (χ4n) is 2.16. The van der Waals surface area contributed by atoms with Gasteiger partial charge in [-0.2, -0.15) is 0 Å². The molecule has 1 unspecified atom stereocenters. The quantitative estimate of drug-likeness (QED) is 0.535. The first-order valence-electron chi connectivity index (χ1n) is 7.84. The van der Waals surface area contributed by atoms with Crippen molar-refractivity contribution < 1.29 is 14.3 Å². The van der Waals surface area contributed by atoms with E-state index in [9.17, 15) is 9.59 Å². The number of hydrogen-bond acceptors (Lipinski definition) is 4. The Labute approximate surface area is 160 Å². The van der Waals surface area contributed by atoms with Crippen LogP contribution >= 0.6 is 27.7 Å². The number of carbonyl (C=O) groups excluding carboxylic acids is 2. The number of benzene rings is 2. The highest BCUT2D eigenvalue weighted by Crippen LogP contribution is 2.21. The van der Waals surface area contributed by atoms with Gasteiger partial charge in [-0.15, -0.1) is 11.8 Å². The van der Waals surface area contributed by atoms with Crippen molar-refractivity contribution in [1.82, 2.24) is 5.32 Å². The lowest BCUT2D eigenvalue weighted by Crippen LogP contribution is -2.31. The molecule has 6 heteroatoms. The highest BCUT2D eigenvalue weighted by Gasteiger charge is 2.12. The van der Waals surface area contributed by atoms with Crippen molar-refractivity contribution in [2.24, 2.45) is 0 Å². The molecule has 0 aromatic heterocycles. The Bertz CT molecular complexity index is 734. The summed E-state index contributed by atoms with van der Waals surface area (Å²) in [6, 6.07) is 15.4. The molecule has 4 nitrogen and oxygen atoms in total. The number of amides is 1. The zero-order valence-electron chi connectivity index (χ0n) is 14.1. The summed E-state index contributed by atoms with van der Waals surface area (Å²) < 4.78 is 6.02. The number of nitrogens with one attached hydrogen (secondary N) is 1. The number of esters is 1. The Morgan fingerprint density at radius 3 is 2.52 bits per heavy atom. The third kappa shape index (κ3) is 6.55. The number of ether oxygens (including phenoxy) is 1. The molecule has 0 bridgehead atoms. The molecular weight excluding hydrogens is 402 g/mol. The third-order valence-corrected chi connectivity index (χ3v) is 5.23. The Kier molecular flexibility index (Phi) is 7.52. The lowest BCUT2D eigenvalue weighted by molar-refractivity contribution is -0.146. The SMILES string of the molecule is Cc1ccccc1SCC(=O)OCC(=O)NC(C)c1ccc(Br)cc1. The van der Waals surface area contributed by atoms with Crippen LogP contribution in [0.15, 0.2) is 57.9 Å². The van der Waals surface area contributed by atoms with Crippen LogP contribution in [0.3, 0.4) is 0 Å². The molecule has 132 valence electrons. The van der Waals surface area contributed by atoms with Gasteiger partial charge in [-0.3, -0.25) is 9.59 Å². The molecule has 0 radical (unpaired) electrons. The Morgan fingerprint density at radius 2 is 1.84 bits per heavy atom. The molecule has 0 aliphatic heterocycles. The van der Waals surface area contributed by atoms with Crippen LogP contribution < -0.4 is 5.32 Å². The van der Waals surface area contributed by atoms with Crippen molar-refractivity contribution in [3.05, 3.63) is 64.1 Å². The summed E-state index contributed by atoms with van der Waals surface area (Å²) in [7, 11) is 0. The first kappa shape index (κ1) is 19.5. The summed E-state index contributed by atoms with van der Waals surface area (Å²) in [6.45, 7) is 3.61. The molecule has 0 fully saturated rings. The number of carbonyl (C=O) groups is 2. The molecule has 0 saturated heterocycles. The predicted molar refractivity (Wildman–Crippen MR) is 104 cm³/mol. The Hall–Kier alpha value is -1.79. The molecule has 2 aromatic carbocycles. The van der Waals surface area contributed by atoms with Crippen molar-refractivity contribution in [1.29, 1.82) is 0 Å². The number of halogens is 1. The zero-order chi connectivity index (χ0) is 18.2. The monoisotopic (exact) mass is 421 g/mol. The third-order valence-electron chi connectivity index (χ3n) is 3.55. The number of aryl methyl sites for hydroxylation is 1.